The summed E-state index contributed by atoms with van der Waals surface area (Å²) in [6, 6.07) is 13.3. The lowest BCUT2D eigenvalue weighted by molar-refractivity contribution is 0.0846. The van der Waals surface area contributed by atoms with Gasteiger partial charge >= 0.3 is 0 Å². The monoisotopic (exact) mass is 354 g/mol. The number of ether oxygens (including phenoxy) is 2. The van der Waals surface area contributed by atoms with Gasteiger partial charge in [-0.3, -0.25) is 20.4 Å². The fraction of sp³-hybridized carbons (Fsp3) is 0.200. The molecule has 0 saturated heterocycles. The predicted molar refractivity (Wildman–Crippen MR) is 99.3 cm³/mol. The molecule has 0 aliphatic carbocycles. The quantitative estimate of drug-likeness (QED) is 0.592. The Balaban J connectivity index is 1.92. The van der Waals surface area contributed by atoms with E-state index in [1.165, 1.54) is 0 Å². The number of nitrogens with one attached hydrogen (secondary N) is 2. The molecule has 26 heavy (non-hydrogen) atoms. The highest BCUT2D eigenvalue weighted by Gasteiger charge is 2.10. The lowest BCUT2D eigenvalue weighted by Gasteiger charge is -2.11. The third-order valence-corrected chi connectivity index (χ3v) is 3.24. The Morgan fingerprint density at radius 1 is 1.00 bits per heavy atom. The maximum absolute atomic E-state index is 12.2. The molecule has 0 spiro atoms. The summed E-state index contributed by atoms with van der Waals surface area (Å²) < 4.78 is 10.9. The van der Waals surface area contributed by atoms with E-state index in [0.29, 0.717) is 29.2 Å². The third-order valence-electron chi connectivity index (χ3n) is 3.24. The first kappa shape index (κ1) is 19.1. The minimum atomic E-state index is -0.432. The highest BCUT2D eigenvalue weighted by atomic mass is 16.5. The highest BCUT2D eigenvalue weighted by molar-refractivity contribution is 5.99. The van der Waals surface area contributed by atoms with Gasteiger partial charge in [0, 0.05) is 11.1 Å². The number of amides is 2. The van der Waals surface area contributed by atoms with Crippen LogP contribution in [0.3, 0.4) is 0 Å². The molecule has 0 bridgehead atoms. The lowest BCUT2D eigenvalue weighted by Crippen LogP contribution is -2.41. The summed E-state index contributed by atoms with van der Waals surface area (Å²) in [7, 11) is 0. The fourth-order valence-corrected chi connectivity index (χ4v) is 2.10. The topological polar surface area (TPSA) is 76.7 Å². The summed E-state index contributed by atoms with van der Waals surface area (Å²) in [6.07, 6.45) is 1.64. The van der Waals surface area contributed by atoms with Crippen molar-refractivity contribution in [2.75, 3.05) is 6.61 Å². The van der Waals surface area contributed by atoms with Gasteiger partial charge in [0.1, 0.15) is 18.1 Å². The molecule has 136 valence electrons. The van der Waals surface area contributed by atoms with Crippen LogP contribution in [0.25, 0.3) is 0 Å². The molecular weight excluding hydrogens is 332 g/mol. The summed E-state index contributed by atoms with van der Waals surface area (Å²) in [4.78, 5) is 24.3. The molecule has 0 radical (unpaired) electrons. The van der Waals surface area contributed by atoms with Crippen molar-refractivity contribution in [3.63, 3.8) is 0 Å². The summed E-state index contributed by atoms with van der Waals surface area (Å²) in [5.41, 5.74) is 5.55. The van der Waals surface area contributed by atoms with Gasteiger partial charge in [0.15, 0.2) is 0 Å². The van der Waals surface area contributed by atoms with E-state index in [1.54, 1.807) is 54.6 Å². The van der Waals surface area contributed by atoms with Crippen LogP contribution in [0, 0.1) is 0 Å². The van der Waals surface area contributed by atoms with Crippen molar-refractivity contribution in [3.8, 4) is 11.5 Å². The van der Waals surface area contributed by atoms with Gasteiger partial charge in [0.2, 0.25) is 0 Å². The van der Waals surface area contributed by atoms with Crippen LogP contribution in [0.15, 0.2) is 61.2 Å². The van der Waals surface area contributed by atoms with E-state index in [4.69, 9.17) is 9.47 Å². The van der Waals surface area contributed by atoms with E-state index in [-0.39, 0.29) is 6.10 Å². The Labute approximate surface area is 152 Å². The van der Waals surface area contributed by atoms with E-state index >= 15 is 0 Å². The van der Waals surface area contributed by atoms with Crippen molar-refractivity contribution < 1.29 is 19.1 Å². The van der Waals surface area contributed by atoms with E-state index < -0.39 is 11.8 Å². The van der Waals surface area contributed by atoms with E-state index in [1.807, 2.05) is 13.8 Å². The van der Waals surface area contributed by atoms with Gasteiger partial charge in [-0.25, -0.2) is 0 Å². The molecule has 2 aromatic rings. The highest BCUT2D eigenvalue weighted by Crippen LogP contribution is 2.15. The van der Waals surface area contributed by atoms with Gasteiger partial charge in [-0.15, -0.1) is 0 Å². The normalized spacial score (nSPS) is 10.1. The molecule has 0 aliphatic heterocycles. The first-order chi connectivity index (χ1) is 12.5. The molecule has 6 nitrogen and oxygen atoms in total. The SMILES string of the molecule is C=CCOc1ccc(C(=O)NNC(=O)c2cccc(OC(C)C)c2)cc1. The Morgan fingerprint density at radius 2 is 1.65 bits per heavy atom. The summed E-state index contributed by atoms with van der Waals surface area (Å²) in [5, 5.41) is 0. The Morgan fingerprint density at radius 3 is 2.27 bits per heavy atom. The Kier molecular flexibility index (Phi) is 6.79. The van der Waals surface area contributed by atoms with Crippen LogP contribution in [0.2, 0.25) is 0 Å². The van der Waals surface area contributed by atoms with Crippen LogP contribution in [0.1, 0.15) is 34.6 Å². The van der Waals surface area contributed by atoms with Gasteiger partial charge in [-0.2, -0.15) is 0 Å². The number of benzene rings is 2. The molecule has 0 aromatic heterocycles. The summed E-state index contributed by atoms with van der Waals surface area (Å²) in [5.74, 6) is 0.364. The zero-order valence-corrected chi connectivity index (χ0v) is 14.8. The average molecular weight is 354 g/mol. The van der Waals surface area contributed by atoms with Gasteiger partial charge < -0.3 is 9.47 Å². The van der Waals surface area contributed by atoms with Crippen LogP contribution >= 0.6 is 0 Å². The van der Waals surface area contributed by atoms with Crippen LogP contribution in [0.5, 0.6) is 11.5 Å². The molecule has 2 rings (SSSR count). The predicted octanol–water partition coefficient (Wildman–Crippen LogP) is 3.11. The molecule has 0 fully saturated rings. The molecule has 0 aliphatic rings. The van der Waals surface area contributed by atoms with Gasteiger partial charge in [0.25, 0.3) is 11.8 Å². The van der Waals surface area contributed by atoms with Crippen molar-refractivity contribution in [3.05, 3.63) is 72.3 Å². The maximum Gasteiger partial charge on any atom is 0.269 e. The number of hydrazine groups is 1. The average Bonchev–Trinajstić information content (AvgIpc) is 2.64. The minimum absolute atomic E-state index is 0.00597. The Bertz CT molecular complexity index is 770. The van der Waals surface area contributed by atoms with Gasteiger partial charge in [0.05, 0.1) is 6.10 Å². The largest absolute Gasteiger partial charge is 0.491 e. The minimum Gasteiger partial charge on any atom is -0.491 e. The second kappa shape index (κ2) is 9.27. The second-order valence-corrected chi connectivity index (χ2v) is 5.73. The van der Waals surface area contributed by atoms with Crippen LogP contribution in [0.4, 0.5) is 0 Å². The number of rotatable bonds is 7. The summed E-state index contributed by atoms with van der Waals surface area (Å²) in [6.45, 7) is 7.77. The van der Waals surface area contributed by atoms with Crippen LogP contribution in [-0.2, 0) is 0 Å². The van der Waals surface area contributed by atoms with Gasteiger partial charge in [-0.05, 0) is 56.3 Å². The van der Waals surface area contributed by atoms with E-state index in [0.717, 1.165) is 0 Å². The van der Waals surface area contributed by atoms with Crippen molar-refractivity contribution in [2.24, 2.45) is 0 Å². The Hall–Kier alpha value is -3.28. The second-order valence-electron chi connectivity index (χ2n) is 5.73. The van der Waals surface area contributed by atoms with Gasteiger partial charge in [-0.1, -0.05) is 18.7 Å². The number of carbonyl (C=O) groups excluding carboxylic acids is 2. The van der Waals surface area contributed by atoms with Crippen LogP contribution < -0.4 is 20.3 Å². The van der Waals surface area contributed by atoms with E-state index in [9.17, 15) is 9.59 Å². The van der Waals surface area contributed by atoms with Crippen LogP contribution in [-0.4, -0.2) is 24.5 Å². The standard InChI is InChI=1S/C20H22N2O4/c1-4-12-25-17-10-8-15(9-11-17)19(23)21-22-20(24)16-6-5-7-18(13-16)26-14(2)3/h4-11,13-14H,1,12H2,2-3H3,(H,21,23)(H,22,24). The molecule has 0 heterocycles. The maximum atomic E-state index is 12.2. The third kappa shape index (κ3) is 5.66. The molecule has 2 N–H and O–H groups in total. The zero-order chi connectivity index (χ0) is 18.9. The zero-order valence-electron chi connectivity index (χ0n) is 14.8. The number of hydrogen-bond donors (Lipinski definition) is 2. The first-order valence-electron chi connectivity index (χ1n) is 8.20. The molecule has 0 atom stereocenters. The molecule has 2 aromatic carbocycles. The van der Waals surface area contributed by atoms with Crippen molar-refractivity contribution in [1.82, 2.24) is 10.9 Å². The number of carbonyl (C=O) groups is 2. The number of hydrogen-bond acceptors (Lipinski definition) is 4. The van der Waals surface area contributed by atoms with E-state index in [2.05, 4.69) is 17.4 Å². The lowest BCUT2D eigenvalue weighted by atomic mass is 10.2. The molecule has 6 heteroatoms. The molecular formula is C20H22N2O4. The fourth-order valence-electron chi connectivity index (χ4n) is 2.10. The molecule has 2 amide bonds. The molecule has 0 unspecified atom stereocenters. The van der Waals surface area contributed by atoms with Crippen molar-refractivity contribution >= 4 is 11.8 Å². The smallest absolute Gasteiger partial charge is 0.269 e. The first-order valence-corrected chi connectivity index (χ1v) is 8.20. The van der Waals surface area contributed by atoms with Crippen molar-refractivity contribution in [2.45, 2.75) is 20.0 Å². The molecule has 0 saturated carbocycles. The van der Waals surface area contributed by atoms with Crippen molar-refractivity contribution in [1.29, 1.82) is 0 Å². The summed E-state index contributed by atoms with van der Waals surface area (Å²) >= 11 is 0.